The van der Waals surface area contributed by atoms with Crippen LogP contribution in [0, 0.1) is 5.82 Å². The predicted molar refractivity (Wildman–Crippen MR) is 98.4 cm³/mol. The first-order valence-electron chi connectivity index (χ1n) is 8.90. The standard InChI is InChI=1S/C19H25FN4O2/c1-11(24(2)3)18(25)22-12-4-5-13(10-12)23-19(26)17-14-8-9-21-16(14)7-6-15(17)20/h6-9,11-13,21H,4-5,10H2,1-3H3,(H,22,25)(H,23,26)/t11-,12+,13-/m0/s1. The number of carbonyl (C=O) groups excluding carboxylic acids is 2. The van der Waals surface area contributed by atoms with Gasteiger partial charge in [0, 0.05) is 29.2 Å². The normalized spacial score (nSPS) is 21.1. The number of halogens is 1. The van der Waals surface area contributed by atoms with Crippen molar-refractivity contribution >= 4 is 22.7 Å². The van der Waals surface area contributed by atoms with Crippen molar-refractivity contribution in [3.63, 3.8) is 0 Å². The lowest BCUT2D eigenvalue weighted by Gasteiger charge is -2.22. The van der Waals surface area contributed by atoms with E-state index in [-0.39, 0.29) is 29.6 Å². The highest BCUT2D eigenvalue weighted by Crippen LogP contribution is 2.23. The number of hydrogen-bond donors (Lipinski definition) is 3. The van der Waals surface area contributed by atoms with E-state index in [0.717, 1.165) is 18.4 Å². The fourth-order valence-electron chi connectivity index (χ4n) is 3.40. The van der Waals surface area contributed by atoms with Gasteiger partial charge >= 0.3 is 0 Å². The van der Waals surface area contributed by atoms with E-state index in [2.05, 4.69) is 15.6 Å². The number of carbonyl (C=O) groups is 2. The zero-order valence-electron chi connectivity index (χ0n) is 15.3. The van der Waals surface area contributed by atoms with E-state index < -0.39 is 11.7 Å². The first-order chi connectivity index (χ1) is 12.4. The molecule has 6 nitrogen and oxygen atoms in total. The van der Waals surface area contributed by atoms with Crippen molar-refractivity contribution in [2.45, 2.75) is 44.3 Å². The van der Waals surface area contributed by atoms with Gasteiger partial charge in [-0.1, -0.05) is 0 Å². The van der Waals surface area contributed by atoms with Gasteiger partial charge in [0.2, 0.25) is 5.91 Å². The quantitative estimate of drug-likeness (QED) is 0.763. The molecular weight excluding hydrogens is 335 g/mol. The third-order valence-corrected chi connectivity index (χ3v) is 5.18. The Morgan fingerprint density at radius 1 is 1.19 bits per heavy atom. The van der Waals surface area contributed by atoms with Crippen LogP contribution in [-0.4, -0.2) is 53.9 Å². The summed E-state index contributed by atoms with van der Waals surface area (Å²) in [4.78, 5) is 29.6. The summed E-state index contributed by atoms with van der Waals surface area (Å²) in [5.74, 6) is -0.960. The number of nitrogens with one attached hydrogen (secondary N) is 3. The first-order valence-corrected chi connectivity index (χ1v) is 8.90. The molecule has 3 N–H and O–H groups in total. The average Bonchev–Trinajstić information content (AvgIpc) is 3.22. The fourth-order valence-corrected chi connectivity index (χ4v) is 3.40. The number of fused-ring (bicyclic) bond motifs is 1. The molecule has 1 saturated carbocycles. The van der Waals surface area contributed by atoms with Crippen LogP contribution in [0.5, 0.6) is 0 Å². The lowest BCUT2D eigenvalue weighted by molar-refractivity contribution is -0.125. The van der Waals surface area contributed by atoms with Crippen molar-refractivity contribution in [3.8, 4) is 0 Å². The van der Waals surface area contributed by atoms with Gasteiger partial charge < -0.3 is 15.6 Å². The predicted octanol–water partition coefficient (Wildman–Crippen LogP) is 2.02. The summed E-state index contributed by atoms with van der Waals surface area (Å²) in [6.45, 7) is 1.85. The Bertz CT molecular complexity index is 817. The van der Waals surface area contributed by atoms with Gasteiger partial charge in [-0.3, -0.25) is 14.5 Å². The molecule has 2 amide bonds. The Morgan fingerprint density at radius 2 is 1.88 bits per heavy atom. The lowest BCUT2D eigenvalue weighted by atomic mass is 10.1. The number of amides is 2. The summed E-state index contributed by atoms with van der Waals surface area (Å²) in [5, 5.41) is 6.52. The van der Waals surface area contributed by atoms with E-state index in [4.69, 9.17) is 0 Å². The monoisotopic (exact) mass is 360 g/mol. The van der Waals surface area contributed by atoms with Crippen molar-refractivity contribution in [2.75, 3.05) is 14.1 Å². The smallest absolute Gasteiger partial charge is 0.255 e. The third-order valence-electron chi connectivity index (χ3n) is 5.18. The number of H-pyrrole nitrogens is 1. The van der Waals surface area contributed by atoms with E-state index in [9.17, 15) is 14.0 Å². The first kappa shape index (κ1) is 18.4. The molecular formula is C19H25FN4O2. The molecule has 1 aliphatic carbocycles. The molecule has 1 heterocycles. The zero-order chi connectivity index (χ0) is 18.8. The summed E-state index contributed by atoms with van der Waals surface area (Å²) in [7, 11) is 3.72. The van der Waals surface area contributed by atoms with Gasteiger partial charge in [0.1, 0.15) is 5.82 Å². The molecule has 3 atom stereocenters. The molecule has 0 aliphatic heterocycles. The molecule has 0 bridgehead atoms. The molecule has 0 saturated heterocycles. The molecule has 7 heteroatoms. The highest BCUT2D eigenvalue weighted by Gasteiger charge is 2.29. The summed E-state index contributed by atoms with van der Waals surface area (Å²) in [5.41, 5.74) is 0.795. The average molecular weight is 360 g/mol. The minimum atomic E-state index is -0.530. The van der Waals surface area contributed by atoms with Crippen LogP contribution >= 0.6 is 0 Å². The molecule has 3 rings (SSSR count). The van der Waals surface area contributed by atoms with Gasteiger partial charge in [-0.15, -0.1) is 0 Å². The highest BCUT2D eigenvalue weighted by atomic mass is 19.1. The van der Waals surface area contributed by atoms with Crippen LogP contribution in [0.4, 0.5) is 4.39 Å². The maximum Gasteiger partial charge on any atom is 0.255 e. The van der Waals surface area contributed by atoms with E-state index in [1.807, 2.05) is 25.9 Å². The SMILES string of the molecule is C[C@@H](C(=O)N[C@@H]1CC[C@H](NC(=O)c2c(F)ccc3[nH]ccc23)C1)N(C)C. The number of nitrogens with zero attached hydrogens (tertiary/aromatic N) is 1. The van der Waals surface area contributed by atoms with Crippen LogP contribution in [-0.2, 0) is 4.79 Å². The number of aromatic amines is 1. The van der Waals surface area contributed by atoms with E-state index in [0.29, 0.717) is 11.8 Å². The van der Waals surface area contributed by atoms with Crippen LogP contribution in [0.15, 0.2) is 24.4 Å². The molecule has 0 spiro atoms. The molecule has 1 aromatic carbocycles. The molecule has 2 aromatic rings. The molecule has 1 fully saturated rings. The summed E-state index contributed by atoms with van der Waals surface area (Å²) in [6.07, 6.45) is 3.90. The largest absolute Gasteiger partial charge is 0.361 e. The second-order valence-electron chi connectivity index (χ2n) is 7.19. The second-order valence-corrected chi connectivity index (χ2v) is 7.19. The maximum absolute atomic E-state index is 14.2. The van der Waals surface area contributed by atoms with Crippen LogP contribution in [0.25, 0.3) is 10.9 Å². The number of hydrogen-bond acceptors (Lipinski definition) is 3. The number of likely N-dealkylation sites (N-methyl/N-ethyl adjacent to an activating group) is 1. The maximum atomic E-state index is 14.2. The van der Waals surface area contributed by atoms with Crippen molar-refractivity contribution in [1.29, 1.82) is 0 Å². The Hall–Kier alpha value is -2.41. The highest BCUT2D eigenvalue weighted by molar-refractivity contribution is 6.06. The number of aromatic nitrogens is 1. The van der Waals surface area contributed by atoms with Gasteiger partial charge in [0.25, 0.3) is 5.91 Å². The van der Waals surface area contributed by atoms with Crippen molar-refractivity contribution in [3.05, 3.63) is 35.8 Å². The molecule has 1 aliphatic rings. The van der Waals surface area contributed by atoms with Gasteiger partial charge in [-0.05, 0) is 58.5 Å². The van der Waals surface area contributed by atoms with Crippen molar-refractivity contribution < 1.29 is 14.0 Å². The number of benzene rings is 1. The fraction of sp³-hybridized carbons (Fsp3) is 0.474. The summed E-state index contributed by atoms with van der Waals surface area (Å²) < 4.78 is 14.2. The van der Waals surface area contributed by atoms with E-state index in [1.165, 1.54) is 6.07 Å². The van der Waals surface area contributed by atoms with Crippen LogP contribution in [0.2, 0.25) is 0 Å². The van der Waals surface area contributed by atoms with Gasteiger partial charge in [-0.2, -0.15) is 0 Å². The summed E-state index contributed by atoms with van der Waals surface area (Å²) in [6, 6.07) is 4.37. The van der Waals surface area contributed by atoms with E-state index >= 15 is 0 Å². The Balaban J connectivity index is 1.62. The van der Waals surface area contributed by atoms with Gasteiger partial charge in [0.05, 0.1) is 11.6 Å². The van der Waals surface area contributed by atoms with Crippen LogP contribution < -0.4 is 10.6 Å². The minimum absolute atomic E-state index is 0.0184. The Labute approximate surface area is 152 Å². The van der Waals surface area contributed by atoms with Crippen LogP contribution in [0.3, 0.4) is 0 Å². The molecule has 0 unspecified atom stereocenters. The molecule has 1 aromatic heterocycles. The van der Waals surface area contributed by atoms with E-state index in [1.54, 1.807) is 18.3 Å². The Kier molecular flexibility index (Phi) is 5.27. The Morgan fingerprint density at radius 3 is 2.58 bits per heavy atom. The van der Waals surface area contributed by atoms with Gasteiger partial charge in [-0.25, -0.2) is 4.39 Å². The van der Waals surface area contributed by atoms with Crippen LogP contribution in [0.1, 0.15) is 36.5 Å². The second kappa shape index (κ2) is 7.45. The van der Waals surface area contributed by atoms with Crippen molar-refractivity contribution in [2.24, 2.45) is 0 Å². The third kappa shape index (κ3) is 3.72. The van der Waals surface area contributed by atoms with Gasteiger partial charge in [0.15, 0.2) is 0 Å². The zero-order valence-corrected chi connectivity index (χ0v) is 15.3. The molecule has 26 heavy (non-hydrogen) atoms. The summed E-state index contributed by atoms with van der Waals surface area (Å²) >= 11 is 0. The molecule has 0 radical (unpaired) electrons. The molecule has 140 valence electrons. The topological polar surface area (TPSA) is 77.2 Å². The number of rotatable bonds is 5. The van der Waals surface area contributed by atoms with Crippen molar-refractivity contribution in [1.82, 2.24) is 20.5 Å². The lowest BCUT2D eigenvalue weighted by Crippen LogP contribution is -2.45. The minimum Gasteiger partial charge on any atom is -0.361 e.